The predicted octanol–water partition coefficient (Wildman–Crippen LogP) is -1.37. The van der Waals surface area contributed by atoms with E-state index in [1.54, 1.807) is 24.3 Å². The zero-order valence-corrected chi connectivity index (χ0v) is 15.1. The molecule has 2 rings (SSSR count). The molecule has 3 amide bonds. The lowest BCUT2D eigenvalue weighted by Gasteiger charge is -2.15. The number of carbonyl (C=O) groups excluding carboxylic acids is 3. The van der Waals surface area contributed by atoms with Crippen LogP contribution in [0, 0.1) is 0 Å². The highest BCUT2D eigenvalue weighted by molar-refractivity contribution is 5.93. The number of carbonyl (C=O) groups is 3. The zero-order chi connectivity index (χ0) is 20.1. The second-order valence-electron chi connectivity index (χ2n) is 4.71. The Morgan fingerprint density at radius 2 is 1.77 bits per heavy atom. The van der Waals surface area contributed by atoms with Gasteiger partial charge in [0.25, 0.3) is 0 Å². The van der Waals surface area contributed by atoms with E-state index < -0.39 is 23.8 Å². The number of nitrogens with zero attached hydrogens (tertiary/aromatic N) is 1. The average Bonchev–Trinajstić information content (AvgIpc) is 3.06. The summed E-state index contributed by atoms with van der Waals surface area (Å²) in [5.74, 6) is -1.62. The maximum absolute atomic E-state index is 12.0. The first-order valence-corrected chi connectivity index (χ1v) is 7.79. The zero-order valence-electron chi connectivity index (χ0n) is 15.1. The Kier molecular flexibility index (Phi) is 11.0. The normalized spacial score (nSPS) is 10.5. The van der Waals surface area contributed by atoms with Crippen LogP contribution in [-0.4, -0.2) is 50.1 Å². The number of aromatic nitrogens is 1. The molecule has 10 nitrogen and oxygen atoms in total. The highest BCUT2D eigenvalue weighted by Gasteiger charge is 2.22. The number of fused-ring (bicyclic) bond motifs is 1. The van der Waals surface area contributed by atoms with Gasteiger partial charge < -0.3 is 32.4 Å². The summed E-state index contributed by atoms with van der Waals surface area (Å²) in [5.41, 5.74) is 15.1. The molecule has 144 valence electrons. The van der Waals surface area contributed by atoms with Gasteiger partial charge in [0.2, 0.25) is 17.7 Å². The van der Waals surface area contributed by atoms with Crippen LogP contribution in [0.25, 0.3) is 11.0 Å². The summed E-state index contributed by atoms with van der Waals surface area (Å²) in [7, 11) is 4.41. The molecular weight excluding hydrogens is 340 g/mol. The third-order valence-corrected chi connectivity index (χ3v) is 3.08. The Balaban J connectivity index is 0.00000146. The van der Waals surface area contributed by atoms with Gasteiger partial charge in [-0.3, -0.25) is 14.4 Å². The molecule has 1 atom stereocenters. The fourth-order valence-corrected chi connectivity index (χ4v) is 2.05. The monoisotopic (exact) mass is 366 g/mol. The van der Waals surface area contributed by atoms with Gasteiger partial charge in [-0.15, -0.1) is 0 Å². The fourth-order valence-electron chi connectivity index (χ4n) is 2.05. The van der Waals surface area contributed by atoms with Crippen LogP contribution >= 0.6 is 0 Å². The summed E-state index contributed by atoms with van der Waals surface area (Å²) >= 11 is 0. The second kappa shape index (κ2) is 12.4. The minimum atomic E-state index is -1.01. The first-order chi connectivity index (χ1) is 12.5. The van der Waals surface area contributed by atoms with Crippen LogP contribution in [0.3, 0.4) is 0 Å². The number of nitrogens with one attached hydrogen (secondary N) is 2. The third kappa shape index (κ3) is 6.87. The van der Waals surface area contributed by atoms with Crippen LogP contribution < -0.4 is 27.8 Å². The molecule has 10 heteroatoms. The molecule has 0 fully saturated rings. The van der Waals surface area contributed by atoms with Gasteiger partial charge in [0, 0.05) is 12.4 Å². The van der Waals surface area contributed by atoms with Crippen molar-refractivity contribution in [3.63, 3.8) is 0 Å². The smallest absolute Gasteiger partial charge is 0.242 e. The van der Waals surface area contributed by atoms with Gasteiger partial charge >= 0.3 is 0 Å². The molecule has 1 aromatic carbocycles. The largest absolute Gasteiger partial charge is 0.370 e. The van der Waals surface area contributed by atoms with E-state index >= 15 is 0 Å². The number of para-hydroxylation sites is 1. The number of benzene rings is 1. The van der Waals surface area contributed by atoms with Crippen molar-refractivity contribution < 1.29 is 18.9 Å². The number of primary amides is 1. The van der Waals surface area contributed by atoms with E-state index in [9.17, 15) is 14.4 Å². The molecule has 0 radical (unpaired) electrons. The topological polar surface area (TPSA) is 179 Å². The quantitative estimate of drug-likeness (QED) is 0.418. The maximum Gasteiger partial charge on any atom is 0.242 e. The predicted molar refractivity (Wildman–Crippen MR) is 97.7 cm³/mol. The number of nitrogens with two attached hydrogens (primary N) is 3. The molecule has 2 aromatic rings. The molecule has 0 aliphatic heterocycles. The Labute approximate surface area is 151 Å². The number of hydrogen-bond donors (Lipinski definition) is 5. The van der Waals surface area contributed by atoms with Crippen molar-refractivity contribution in [2.24, 2.45) is 17.2 Å². The fraction of sp³-hybridized carbons (Fsp3) is 0.375. The number of likely N-dealkylation sites (N-methyl/N-ethyl adjacent to an activating group) is 1. The average molecular weight is 366 g/mol. The van der Waals surface area contributed by atoms with Gasteiger partial charge in [0.15, 0.2) is 5.58 Å². The standard InChI is InChI=1S/C14H16N4O4.2CH5N/c1-16-14(21)10(6-12(15)19)17-13(20)7-9-8-4-2-3-5-11(8)22-18-9;2*1-2/h2-5,10H,6-7H2,1H3,(H2,15,19)(H,16,21)(H,17,20);2*2H2,1H3/t10-;;/m0../s1. The van der Waals surface area contributed by atoms with Crippen molar-refractivity contribution in [2.45, 2.75) is 18.9 Å². The Morgan fingerprint density at radius 3 is 2.35 bits per heavy atom. The summed E-state index contributed by atoms with van der Waals surface area (Å²) in [5, 5.41) is 9.40. The van der Waals surface area contributed by atoms with Gasteiger partial charge in [-0.2, -0.15) is 0 Å². The molecular formula is C16H26N6O4. The van der Waals surface area contributed by atoms with Crippen molar-refractivity contribution >= 4 is 28.7 Å². The van der Waals surface area contributed by atoms with Crippen LogP contribution in [0.2, 0.25) is 0 Å². The molecule has 0 spiro atoms. The minimum Gasteiger partial charge on any atom is -0.370 e. The van der Waals surface area contributed by atoms with Crippen LogP contribution in [-0.2, 0) is 20.8 Å². The molecule has 0 aliphatic carbocycles. The molecule has 0 aliphatic rings. The first kappa shape index (κ1) is 23.0. The van der Waals surface area contributed by atoms with E-state index in [4.69, 9.17) is 10.3 Å². The van der Waals surface area contributed by atoms with Crippen molar-refractivity contribution in [3.8, 4) is 0 Å². The van der Waals surface area contributed by atoms with Gasteiger partial charge in [-0.1, -0.05) is 17.3 Å². The highest BCUT2D eigenvalue weighted by atomic mass is 16.5. The van der Waals surface area contributed by atoms with Crippen LogP contribution in [0.4, 0.5) is 0 Å². The molecule has 0 bridgehead atoms. The summed E-state index contributed by atoms with van der Waals surface area (Å²) in [6.45, 7) is 0. The number of amides is 3. The number of hydrogen-bond acceptors (Lipinski definition) is 7. The summed E-state index contributed by atoms with van der Waals surface area (Å²) in [4.78, 5) is 34.6. The SMILES string of the molecule is CN.CN.CNC(=O)[C@H](CC(N)=O)NC(=O)Cc1noc2ccccc12. The van der Waals surface area contributed by atoms with Crippen molar-refractivity contribution in [1.82, 2.24) is 15.8 Å². The van der Waals surface area contributed by atoms with Crippen LogP contribution in [0.5, 0.6) is 0 Å². The second-order valence-corrected chi connectivity index (χ2v) is 4.71. The number of rotatable bonds is 6. The van der Waals surface area contributed by atoms with Crippen molar-refractivity contribution in [1.29, 1.82) is 0 Å². The van der Waals surface area contributed by atoms with E-state index in [2.05, 4.69) is 27.3 Å². The maximum atomic E-state index is 12.0. The Morgan fingerprint density at radius 1 is 1.15 bits per heavy atom. The van der Waals surface area contributed by atoms with Crippen molar-refractivity contribution in [3.05, 3.63) is 30.0 Å². The lowest BCUT2D eigenvalue weighted by atomic mass is 10.1. The van der Waals surface area contributed by atoms with Gasteiger partial charge in [0.05, 0.1) is 12.8 Å². The van der Waals surface area contributed by atoms with Crippen LogP contribution in [0.15, 0.2) is 28.8 Å². The molecule has 0 saturated heterocycles. The molecule has 1 heterocycles. The van der Waals surface area contributed by atoms with E-state index in [-0.39, 0.29) is 12.8 Å². The van der Waals surface area contributed by atoms with Crippen molar-refractivity contribution in [2.75, 3.05) is 21.1 Å². The summed E-state index contributed by atoms with van der Waals surface area (Å²) < 4.78 is 5.10. The summed E-state index contributed by atoms with van der Waals surface area (Å²) in [6.07, 6.45) is -0.339. The minimum absolute atomic E-state index is 0.0662. The van der Waals surface area contributed by atoms with E-state index in [0.717, 1.165) is 5.39 Å². The Bertz CT molecular complexity index is 716. The Hall–Kier alpha value is -2.98. The lowest BCUT2D eigenvalue weighted by molar-refractivity contribution is -0.130. The third-order valence-electron chi connectivity index (χ3n) is 3.08. The lowest BCUT2D eigenvalue weighted by Crippen LogP contribution is -2.48. The van der Waals surface area contributed by atoms with E-state index in [1.165, 1.54) is 21.1 Å². The molecule has 0 unspecified atom stereocenters. The van der Waals surface area contributed by atoms with Gasteiger partial charge in [0.1, 0.15) is 11.7 Å². The van der Waals surface area contributed by atoms with Crippen LogP contribution in [0.1, 0.15) is 12.1 Å². The molecule has 26 heavy (non-hydrogen) atoms. The summed E-state index contributed by atoms with van der Waals surface area (Å²) in [6, 6.07) is 6.12. The molecule has 0 saturated carbocycles. The van der Waals surface area contributed by atoms with Gasteiger partial charge in [-0.25, -0.2) is 0 Å². The van der Waals surface area contributed by atoms with Gasteiger partial charge in [-0.05, 0) is 26.2 Å². The van der Waals surface area contributed by atoms with E-state index in [1.807, 2.05) is 0 Å². The first-order valence-electron chi connectivity index (χ1n) is 7.79. The van der Waals surface area contributed by atoms with E-state index in [0.29, 0.717) is 11.3 Å². The molecule has 8 N–H and O–H groups in total. The highest BCUT2D eigenvalue weighted by Crippen LogP contribution is 2.18. The molecule has 1 aromatic heterocycles.